The Balaban J connectivity index is 1.65. The summed E-state index contributed by atoms with van der Waals surface area (Å²) in [7, 11) is 3.28. The summed E-state index contributed by atoms with van der Waals surface area (Å²) in [6.07, 6.45) is 1.64. The van der Waals surface area contributed by atoms with Crippen LogP contribution in [0.3, 0.4) is 0 Å². The van der Waals surface area contributed by atoms with E-state index >= 15 is 0 Å². The number of hydrogen-bond donors (Lipinski definition) is 0. The number of hydrogen-bond acceptors (Lipinski definition) is 4. The molecule has 0 N–H and O–H groups in total. The van der Waals surface area contributed by atoms with Gasteiger partial charge >= 0.3 is 0 Å². The SMILES string of the molecule is CCCCN1C(=O)c2c(c(-c3ccc(OC)cc3)c3c(c2-c2ccc(OC)cc2)-c2cccc4cccc-3c24)C1=O. The zero-order chi connectivity index (χ0) is 28.2. The van der Waals surface area contributed by atoms with E-state index in [1.807, 2.05) is 48.5 Å². The quantitative estimate of drug-likeness (QED) is 0.192. The van der Waals surface area contributed by atoms with E-state index in [4.69, 9.17) is 9.47 Å². The van der Waals surface area contributed by atoms with Crippen molar-refractivity contribution >= 4 is 22.6 Å². The molecule has 1 heterocycles. The van der Waals surface area contributed by atoms with Crippen molar-refractivity contribution in [3.05, 3.63) is 96.1 Å². The van der Waals surface area contributed by atoms with Crippen LogP contribution in [0.5, 0.6) is 11.5 Å². The summed E-state index contributed by atoms with van der Waals surface area (Å²) < 4.78 is 10.9. The maximum absolute atomic E-state index is 14.3. The maximum atomic E-state index is 14.3. The molecule has 5 nitrogen and oxygen atoms in total. The molecule has 41 heavy (non-hydrogen) atoms. The molecule has 0 saturated carbocycles. The minimum Gasteiger partial charge on any atom is -0.497 e. The van der Waals surface area contributed by atoms with Crippen molar-refractivity contribution in [2.45, 2.75) is 19.8 Å². The first-order valence-corrected chi connectivity index (χ1v) is 14.0. The Morgan fingerprint density at radius 3 is 1.46 bits per heavy atom. The van der Waals surface area contributed by atoms with Crippen LogP contribution in [0.25, 0.3) is 55.3 Å². The molecule has 0 bridgehead atoms. The molecule has 1 aliphatic carbocycles. The summed E-state index contributed by atoms with van der Waals surface area (Å²) in [5.74, 6) is 0.999. The second kappa shape index (κ2) is 9.63. The van der Waals surface area contributed by atoms with E-state index in [0.29, 0.717) is 17.7 Å². The van der Waals surface area contributed by atoms with Gasteiger partial charge in [0, 0.05) is 17.7 Å². The van der Waals surface area contributed by atoms with Crippen molar-refractivity contribution in [1.29, 1.82) is 0 Å². The number of amides is 2. The number of carbonyl (C=O) groups excluding carboxylic acids is 2. The van der Waals surface area contributed by atoms with Crippen LogP contribution in [0.15, 0.2) is 84.9 Å². The number of ether oxygens (including phenoxy) is 2. The lowest BCUT2D eigenvalue weighted by Gasteiger charge is -2.20. The van der Waals surface area contributed by atoms with E-state index in [2.05, 4.69) is 43.3 Å². The van der Waals surface area contributed by atoms with Crippen LogP contribution in [0.1, 0.15) is 40.5 Å². The summed E-state index contributed by atoms with van der Waals surface area (Å²) >= 11 is 0. The molecule has 2 aliphatic rings. The molecule has 0 aromatic heterocycles. The highest BCUT2D eigenvalue weighted by atomic mass is 16.5. The average molecular weight is 540 g/mol. The number of nitrogens with zero attached hydrogens (tertiary/aromatic N) is 1. The predicted molar refractivity (Wildman–Crippen MR) is 163 cm³/mol. The van der Waals surface area contributed by atoms with Crippen LogP contribution in [-0.2, 0) is 0 Å². The number of rotatable bonds is 7. The Hall–Kier alpha value is -4.90. The number of imide groups is 1. The van der Waals surface area contributed by atoms with Crippen molar-refractivity contribution in [3.63, 3.8) is 0 Å². The van der Waals surface area contributed by atoms with Gasteiger partial charge < -0.3 is 9.47 Å². The summed E-state index contributed by atoms with van der Waals surface area (Å²) in [5, 5.41) is 2.26. The fraction of sp³-hybridized carbons (Fsp3) is 0.167. The molecule has 0 atom stereocenters. The van der Waals surface area contributed by atoms with Gasteiger partial charge in [-0.05, 0) is 74.8 Å². The first kappa shape index (κ1) is 25.1. The molecule has 1 aliphatic heterocycles. The summed E-state index contributed by atoms with van der Waals surface area (Å²) in [4.78, 5) is 30.0. The second-order valence-electron chi connectivity index (χ2n) is 10.5. The molecule has 5 heteroatoms. The third kappa shape index (κ3) is 3.62. The summed E-state index contributed by atoms with van der Waals surface area (Å²) in [6, 6.07) is 28.2. The van der Waals surface area contributed by atoms with Crippen LogP contribution in [0, 0.1) is 0 Å². The van der Waals surface area contributed by atoms with Crippen molar-refractivity contribution in [2.24, 2.45) is 0 Å². The molecule has 7 rings (SSSR count). The van der Waals surface area contributed by atoms with Crippen molar-refractivity contribution in [2.75, 3.05) is 20.8 Å². The van der Waals surface area contributed by atoms with E-state index in [0.717, 1.165) is 79.6 Å². The largest absolute Gasteiger partial charge is 0.497 e. The third-order valence-corrected chi connectivity index (χ3v) is 8.35. The summed E-state index contributed by atoms with van der Waals surface area (Å²) in [5.41, 5.74) is 8.44. The molecule has 0 fully saturated rings. The predicted octanol–water partition coefficient (Wildman–Crippen LogP) is 8.23. The van der Waals surface area contributed by atoms with Gasteiger partial charge in [0.05, 0.1) is 25.3 Å². The van der Waals surface area contributed by atoms with Gasteiger partial charge in [0.25, 0.3) is 11.8 Å². The van der Waals surface area contributed by atoms with Crippen molar-refractivity contribution < 1.29 is 19.1 Å². The molecule has 0 spiro atoms. The fourth-order valence-electron chi connectivity index (χ4n) is 6.45. The van der Waals surface area contributed by atoms with E-state index < -0.39 is 0 Å². The number of carbonyl (C=O) groups is 2. The molecule has 5 aromatic rings. The highest BCUT2D eigenvalue weighted by molar-refractivity contribution is 6.33. The standard InChI is InChI=1S/C36H29NO4/c1-4-5-20-37-35(38)33-29(22-12-16-24(40-2)17-13-22)31-26-10-6-8-21-9-7-11-27(28(21)26)32(31)30(34(33)36(37)39)23-14-18-25(41-3)19-15-23/h6-19H,4-5,20H2,1-3H3. The highest BCUT2D eigenvalue weighted by Gasteiger charge is 2.44. The topological polar surface area (TPSA) is 55.8 Å². The molecule has 2 amide bonds. The number of benzene rings is 5. The first-order chi connectivity index (χ1) is 20.1. The van der Waals surface area contributed by atoms with Crippen LogP contribution < -0.4 is 9.47 Å². The van der Waals surface area contributed by atoms with Gasteiger partial charge in [-0.15, -0.1) is 0 Å². The Morgan fingerprint density at radius 1 is 0.585 bits per heavy atom. The lowest BCUT2D eigenvalue weighted by Crippen LogP contribution is -2.30. The minimum absolute atomic E-state index is 0.232. The Kier molecular flexibility index (Phi) is 5.89. The van der Waals surface area contributed by atoms with Gasteiger partial charge in [-0.3, -0.25) is 14.5 Å². The Labute approximate surface area is 239 Å². The first-order valence-electron chi connectivity index (χ1n) is 14.0. The number of fused-ring (bicyclic) bond motifs is 4. The van der Waals surface area contributed by atoms with Gasteiger partial charge in [0.2, 0.25) is 0 Å². The van der Waals surface area contributed by atoms with Crippen LogP contribution >= 0.6 is 0 Å². The number of methoxy groups -OCH3 is 2. The molecule has 202 valence electrons. The van der Waals surface area contributed by atoms with E-state index in [-0.39, 0.29) is 11.8 Å². The van der Waals surface area contributed by atoms with Crippen LogP contribution in [0.2, 0.25) is 0 Å². The smallest absolute Gasteiger partial charge is 0.262 e. The normalized spacial score (nSPS) is 13.1. The zero-order valence-corrected chi connectivity index (χ0v) is 23.3. The Morgan fingerprint density at radius 2 is 1.05 bits per heavy atom. The monoisotopic (exact) mass is 539 g/mol. The van der Waals surface area contributed by atoms with Gasteiger partial charge in [0.1, 0.15) is 11.5 Å². The number of unbranched alkanes of at least 4 members (excludes halogenated alkanes) is 1. The molecular weight excluding hydrogens is 510 g/mol. The Bertz CT molecular complexity index is 1740. The molecular formula is C36H29NO4. The van der Waals surface area contributed by atoms with Crippen LogP contribution in [0.4, 0.5) is 0 Å². The second-order valence-corrected chi connectivity index (χ2v) is 10.5. The van der Waals surface area contributed by atoms with Gasteiger partial charge in [-0.2, -0.15) is 0 Å². The lowest BCUT2D eigenvalue weighted by molar-refractivity contribution is 0.0653. The minimum atomic E-state index is -0.232. The van der Waals surface area contributed by atoms with E-state index in [1.165, 1.54) is 4.90 Å². The fourth-order valence-corrected chi connectivity index (χ4v) is 6.45. The van der Waals surface area contributed by atoms with Gasteiger partial charge in [0.15, 0.2) is 0 Å². The van der Waals surface area contributed by atoms with E-state index in [1.54, 1.807) is 14.2 Å². The molecule has 0 radical (unpaired) electrons. The molecule has 0 saturated heterocycles. The van der Waals surface area contributed by atoms with Gasteiger partial charge in [-0.1, -0.05) is 74.0 Å². The zero-order valence-electron chi connectivity index (χ0n) is 23.3. The third-order valence-electron chi connectivity index (χ3n) is 8.35. The highest BCUT2D eigenvalue weighted by Crippen LogP contribution is 2.58. The van der Waals surface area contributed by atoms with Gasteiger partial charge in [-0.25, -0.2) is 0 Å². The summed E-state index contributed by atoms with van der Waals surface area (Å²) in [6.45, 7) is 2.46. The van der Waals surface area contributed by atoms with E-state index in [9.17, 15) is 9.59 Å². The molecule has 0 unspecified atom stereocenters. The average Bonchev–Trinajstić information content (AvgIpc) is 3.47. The van der Waals surface area contributed by atoms with Crippen molar-refractivity contribution in [1.82, 2.24) is 4.90 Å². The maximum Gasteiger partial charge on any atom is 0.262 e. The molecule has 5 aromatic carbocycles. The van der Waals surface area contributed by atoms with Crippen molar-refractivity contribution in [3.8, 4) is 56.0 Å². The van der Waals surface area contributed by atoms with Crippen LogP contribution in [-0.4, -0.2) is 37.5 Å². The lowest BCUT2D eigenvalue weighted by atomic mass is 9.81.